The minimum Gasteiger partial charge on any atom is -0.292 e. The number of hydrogen-bond acceptors (Lipinski definition) is 2. The van der Waals surface area contributed by atoms with E-state index < -0.39 is 0 Å². The normalized spacial score (nSPS) is 11.6. The van der Waals surface area contributed by atoms with Gasteiger partial charge in [0.05, 0.1) is 16.6 Å². The number of para-hydroxylation sites is 1. The van der Waals surface area contributed by atoms with Crippen LogP contribution in [0.15, 0.2) is 65.5 Å². The monoisotopic (exact) mass is 317 g/mol. The maximum Gasteiger partial charge on any atom is 0.261 e. The largest absolute Gasteiger partial charge is 0.292 e. The molecule has 2 aromatic carbocycles. The Hall–Kier alpha value is -2.88. The minimum absolute atomic E-state index is 0.0475. The number of nitrogens with zero attached hydrogens (tertiary/aromatic N) is 3. The van der Waals surface area contributed by atoms with Gasteiger partial charge >= 0.3 is 0 Å². The lowest BCUT2D eigenvalue weighted by atomic mass is 10.1. The Morgan fingerprint density at radius 2 is 1.71 bits per heavy atom. The first kappa shape index (κ1) is 14.7. The van der Waals surface area contributed by atoms with Gasteiger partial charge in [0.2, 0.25) is 0 Å². The Labute approximate surface area is 140 Å². The molecule has 0 fully saturated rings. The zero-order chi connectivity index (χ0) is 16.7. The number of benzene rings is 2. The van der Waals surface area contributed by atoms with Crippen molar-refractivity contribution in [2.24, 2.45) is 5.92 Å². The van der Waals surface area contributed by atoms with Crippen LogP contribution >= 0.6 is 0 Å². The molecule has 0 aliphatic heterocycles. The van der Waals surface area contributed by atoms with Crippen LogP contribution < -0.4 is 5.56 Å². The molecular formula is C20H19N3O. The van der Waals surface area contributed by atoms with Gasteiger partial charge in [-0.2, -0.15) is 5.10 Å². The Balaban J connectivity index is 2.10. The van der Waals surface area contributed by atoms with Crippen molar-refractivity contribution in [2.45, 2.75) is 20.4 Å². The van der Waals surface area contributed by atoms with Crippen molar-refractivity contribution < 1.29 is 0 Å². The maximum absolute atomic E-state index is 12.9. The molecular weight excluding hydrogens is 298 g/mol. The third-order valence-electron chi connectivity index (χ3n) is 4.19. The van der Waals surface area contributed by atoms with E-state index in [4.69, 9.17) is 5.10 Å². The van der Waals surface area contributed by atoms with Crippen LogP contribution in [0.2, 0.25) is 0 Å². The SMILES string of the molecule is CC(C)Cn1c(=O)c2ccccc2n2nc(-c3ccccc3)cc12. The van der Waals surface area contributed by atoms with Gasteiger partial charge in [-0.15, -0.1) is 0 Å². The van der Waals surface area contributed by atoms with Gasteiger partial charge < -0.3 is 0 Å². The van der Waals surface area contributed by atoms with Crippen molar-refractivity contribution in [1.29, 1.82) is 0 Å². The van der Waals surface area contributed by atoms with Gasteiger partial charge in [0.25, 0.3) is 5.56 Å². The summed E-state index contributed by atoms with van der Waals surface area (Å²) in [5.74, 6) is 0.378. The highest BCUT2D eigenvalue weighted by atomic mass is 16.1. The molecule has 0 saturated heterocycles. The number of hydrogen-bond donors (Lipinski definition) is 0. The summed E-state index contributed by atoms with van der Waals surface area (Å²) in [5, 5.41) is 5.48. The molecule has 0 saturated carbocycles. The lowest BCUT2D eigenvalue weighted by Crippen LogP contribution is -2.24. The topological polar surface area (TPSA) is 39.3 Å². The summed E-state index contributed by atoms with van der Waals surface area (Å²) in [7, 11) is 0. The third-order valence-corrected chi connectivity index (χ3v) is 4.19. The predicted octanol–water partition coefficient (Wildman–Crippen LogP) is 3.97. The van der Waals surface area contributed by atoms with Crippen molar-refractivity contribution in [2.75, 3.05) is 0 Å². The Kier molecular flexibility index (Phi) is 3.45. The Morgan fingerprint density at radius 3 is 2.46 bits per heavy atom. The molecule has 0 bridgehead atoms. The summed E-state index contributed by atoms with van der Waals surface area (Å²) in [4.78, 5) is 12.9. The van der Waals surface area contributed by atoms with E-state index in [1.165, 1.54) is 0 Å². The second-order valence-corrected chi connectivity index (χ2v) is 6.49. The van der Waals surface area contributed by atoms with Crippen molar-refractivity contribution in [3.05, 3.63) is 71.0 Å². The molecule has 4 nitrogen and oxygen atoms in total. The molecule has 4 aromatic rings. The summed E-state index contributed by atoms with van der Waals surface area (Å²) in [5.41, 5.74) is 3.66. The lowest BCUT2D eigenvalue weighted by molar-refractivity contribution is 0.519. The summed E-state index contributed by atoms with van der Waals surface area (Å²) in [6.07, 6.45) is 0. The fourth-order valence-electron chi connectivity index (χ4n) is 3.12. The van der Waals surface area contributed by atoms with E-state index in [-0.39, 0.29) is 5.56 Å². The first-order valence-corrected chi connectivity index (χ1v) is 8.22. The van der Waals surface area contributed by atoms with Crippen LogP contribution in [0.4, 0.5) is 0 Å². The summed E-state index contributed by atoms with van der Waals surface area (Å²) >= 11 is 0. The van der Waals surface area contributed by atoms with Gasteiger partial charge in [-0.25, -0.2) is 4.52 Å². The molecule has 4 rings (SSSR count). The van der Waals surface area contributed by atoms with Crippen LogP contribution in [0.3, 0.4) is 0 Å². The van der Waals surface area contributed by atoms with Gasteiger partial charge in [0.15, 0.2) is 0 Å². The average Bonchev–Trinajstić information content (AvgIpc) is 3.04. The second-order valence-electron chi connectivity index (χ2n) is 6.49. The van der Waals surface area contributed by atoms with Crippen LogP contribution in [0.1, 0.15) is 13.8 Å². The fraction of sp³-hybridized carbons (Fsp3) is 0.200. The molecule has 2 heterocycles. The first-order chi connectivity index (χ1) is 11.6. The number of fused-ring (bicyclic) bond motifs is 3. The summed E-state index contributed by atoms with van der Waals surface area (Å²) in [6.45, 7) is 4.91. The van der Waals surface area contributed by atoms with E-state index in [0.29, 0.717) is 17.8 Å². The van der Waals surface area contributed by atoms with Crippen LogP contribution in [0, 0.1) is 5.92 Å². The van der Waals surface area contributed by atoms with E-state index in [2.05, 4.69) is 13.8 Å². The van der Waals surface area contributed by atoms with E-state index in [1.807, 2.05) is 69.7 Å². The van der Waals surface area contributed by atoms with E-state index >= 15 is 0 Å². The molecule has 120 valence electrons. The highest BCUT2D eigenvalue weighted by molar-refractivity contribution is 5.81. The quantitative estimate of drug-likeness (QED) is 0.573. The average molecular weight is 317 g/mol. The lowest BCUT2D eigenvalue weighted by Gasteiger charge is -2.12. The van der Waals surface area contributed by atoms with E-state index in [9.17, 15) is 4.79 Å². The fourth-order valence-corrected chi connectivity index (χ4v) is 3.12. The molecule has 0 N–H and O–H groups in total. The zero-order valence-corrected chi connectivity index (χ0v) is 13.8. The molecule has 0 radical (unpaired) electrons. The predicted molar refractivity (Wildman–Crippen MR) is 97.2 cm³/mol. The third kappa shape index (κ3) is 2.31. The van der Waals surface area contributed by atoms with Gasteiger partial charge in [-0.1, -0.05) is 56.3 Å². The molecule has 4 heteroatoms. The highest BCUT2D eigenvalue weighted by Crippen LogP contribution is 2.22. The molecule has 0 aliphatic rings. The summed E-state index contributed by atoms with van der Waals surface area (Å²) in [6, 6.07) is 19.7. The van der Waals surface area contributed by atoms with Crippen molar-refractivity contribution in [3.8, 4) is 11.3 Å². The van der Waals surface area contributed by atoms with Gasteiger partial charge in [0, 0.05) is 18.2 Å². The second kappa shape index (κ2) is 5.64. The molecule has 0 aliphatic carbocycles. The van der Waals surface area contributed by atoms with Gasteiger partial charge in [-0.3, -0.25) is 9.36 Å². The molecule has 0 atom stereocenters. The highest BCUT2D eigenvalue weighted by Gasteiger charge is 2.14. The van der Waals surface area contributed by atoms with E-state index in [0.717, 1.165) is 22.4 Å². The van der Waals surface area contributed by atoms with Crippen LogP contribution in [0.5, 0.6) is 0 Å². The Morgan fingerprint density at radius 1 is 1.00 bits per heavy atom. The van der Waals surface area contributed by atoms with Crippen LogP contribution in [0.25, 0.3) is 27.8 Å². The molecule has 0 spiro atoms. The smallest absolute Gasteiger partial charge is 0.261 e. The molecule has 0 amide bonds. The van der Waals surface area contributed by atoms with Crippen molar-refractivity contribution in [3.63, 3.8) is 0 Å². The zero-order valence-electron chi connectivity index (χ0n) is 13.8. The van der Waals surface area contributed by atoms with Crippen LogP contribution in [-0.2, 0) is 6.54 Å². The standard InChI is InChI=1S/C20H19N3O/c1-14(2)13-22-19-12-17(15-8-4-3-5-9-15)21-23(19)18-11-7-6-10-16(18)20(22)24/h3-12,14H,13H2,1-2H3. The van der Waals surface area contributed by atoms with E-state index in [1.54, 1.807) is 0 Å². The maximum atomic E-state index is 12.9. The van der Waals surface area contributed by atoms with Crippen molar-refractivity contribution >= 4 is 16.6 Å². The minimum atomic E-state index is 0.0475. The van der Waals surface area contributed by atoms with Crippen LogP contribution in [-0.4, -0.2) is 14.2 Å². The van der Waals surface area contributed by atoms with Crippen molar-refractivity contribution in [1.82, 2.24) is 14.2 Å². The Bertz CT molecular complexity index is 1070. The number of aromatic nitrogens is 3. The number of rotatable bonds is 3. The molecule has 24 heavy (non-hydrogen) atoms. The summed E-state index contributed by atoms with van der Waals surface area (Å²) < 4.78 is 3.73. The molecule has 0 unspecified atom stereocenters. The van der Waals surface area contributed by atoms with Gasteiger partial charge in [-0.05, 0) is 18.1 Å². The first-order valence-electron chi connectivity index (χ1n) is 8.22. The molecule has 2 aromatic heterocycles. The van der Waals surface area contributed by atoms with Gasteiger partial charge in [0.1, 0.15) is 5.65 Å².